The summed E-state index contributed by atoms with van der Waals surface area (Å²) in [6.45, 7) is 9.30. The second kappa shape index (κ2) is 9.26. The largest absolute Gasteiger partial charge is 0.352 e. The average molecular weight is 239 g/mol. The Bertz CT molecular complexity index is 226. The molecule has 100 valence electrons. The molecule has 1 amide bonds. The summed E-state index contributed by atoms with van der Waals surface area (Å²) < 4.78 is 0. The Morgan fingerprint density at radius 3 is 2.35 bits per heavy atom. The van der Waals surface area contributed by atoms with Crippen molar-refractivity contribution in [2.24, 2.45) is 5.41 Å². The standard InChI is InChI=1S/C15H29NO/c1-5-6-7-8-9-10-11-12-14(17)16-13-15(2,3)4/h11-12H,5-10,13H2,1-4H3,(H,16,17). The summed E-state index contributed by atoms with van der Waals surface area (Å²) in [5.41, 5.74) is 0.156. The number of unbranched alkanes of at least 4 members (excludes halogenated alkanes) is 5. The van der Waals surface area contributed by atoms with E-state index in [0.717, 1.165) is 13.0 Å². The maximum absolute atomic E-state index is 11.4. The van der Waals surface area contributed by atoms with Gasteiger partial charge in [0.15, 0.2) is 0 Å². The molecule has 17 heavy (non-hydrogen) atoms. The van der Waals surface area contributed by atoms with Gasteiger partial charge in [-0.05, 0) is 24.3 Å². The highest BCUT2D eigenvalue weighted by molar-refractivity contribution is 5.87. The highest BCUT2D eigenvalue weighted by Gasteiger charge is 2.10. The first-order valence-corrected chi connectivity index (χ1v) is 6.90. The third kappa shape index (κ3) is 13.1. The van der Waals surface area contributed by atoms with Crippen LogP contribution in [-0.2, 0) is 4.79 Å². The molecule has 2 nitrogen and oxygen atoms in total. The van der Waals surface area contributed by atoms with Crippen LogP contribution in [0.3, 0.4) is 0 Å². The van der Waals surface area contributed by atoms with Crippen molar-refractivity contribution in [3.63, 3.8) is 0 Å². The third-order valence-corrected chi connectivity index (χ3v) is 2.54. The van der Waals surface area contributed by atoms with Crippen molar-refractivity contribution in [3.05, 3.63) is 12.2 Å². The molecule has 0 bridgehead atoms. The van der Waals surface area contributed by atoms with Crippen LogP contribution in [-0.4, -0.2) is 12.5 Å². The summed E-state index contributed by atoms with van der Waals surface area (Å²) in [4.78, 5) is 11.4. The molecule has 0 heterocycles. The predicted molar refractivity (Wildman–Crippen MR) is 75.0 cm³/mol. The van der Waals surface area contributed by atoms with Gasteiger partial charge >= 0.3 is 0 Å². The summed E-state index contributed by atoms with van der Waals surface area (Å²) in [7, 11) is 0. The fraction of sp³-hybridized carbons (Fsp3) is 0.800. The molecule has 2 heteroatoms. The maximum atomic E-state index is 11.4. The summed E-state index contributed by atoms with van der Waals surface area (Å²) in [6, 6.07) is 0. The molecule has 0 unspecified atom stereocenters. The van der Waals surface area contributed by atoms with E-state index in [2.05, 4.69) is 33.0 Å². The first kappa shape index (κ1) is 16.2. The minimum atomic E-state index is 0.0356. The molecule has 0 atom stereocenters. The van der Waals surface area contributed by atoms with Gasteiger partial charge < -0.3 is 5.32 Å². The van der Waals surface area contributed by atoms with E-state index in [4.69, 9.17) is 0 Å². The van der Waals surface area contributed by atoms with Crippen LogP contribution in [0, 0.1) is 5.41 Å². The number of carbonyl (C=O) groups excluding carboxylic acids is 1. The third-order valence-electron chi connectivity index (χ3n) is 2.54. The molecule has 0 saturated carbocycles. The fourth-order valence-corrected chi connectivity index (χ4v) is 1.47. The first-order chi connectivity index (χ1) is 7.95. The average Bonchev–Trinajstić information content (AvgIpc) is 2.24. The van der Waals surface area contributed by atoms with E-state index in [1.807, 2.05) is 6.08 Å². The van der Waals surface area contributed by atoms with E-state index in [-0.39, 0.29) is 11.3 Å². The molecule has 0 spiro atoms. The number of allylic oxidation sites excluding steroid dienone is 1. The molecular formula is C15H29NO. The summed E-state index contributed by atoms with van der Waals surface area (Å²) in [5.74, 6) is 0.0356. The summed E-state index contributed by atoms with van der Waals surface area (Å²) in [5, 5.41) is 2.91. The minimum absolute atomic E-state index is 0.0356. The zero-order valence-electron chi connectivity index (χ0n) is 12.0. The van der Waals surface area contributed by atoms with E-state index in [1.165, 1.54) is 32.1 Å². The van der Waals surface area contributed by atoms with E-state index >= 15 is 0 Å². The molecule has 0 rings (SSSR count). The van der Waals surface area contributed by atoms with E-state index in [9.17, 15) is 4.79 Å². The number of amides is 1. The number of nitrogens with one attached hydrogen (secondary N) is 1. The Hall–Kier alpha value is -0.790. The van der Waals surface area contributed by atoms with Crippen molar-refractivity contribution >= 4 is 5.91 Å². The van der Waals surface area contributed by atoms with Crippen LogP contribution in [0.5, 0.6) is 0 Å². The van der Waals surface area contributed by atoms with Crippen LogP contribution in [0.2, 0.25) is 0 Å². The quantitative estimate of drug-likeness (QED) is 0.502. The molecule has 0 aliphatic rings. The van der Waals surface area contributed by atoms with Crippen molar-refractivity contribution in [1.29, 1.82) is 0 Å². The Balaban J connectivity index is 3.47. The van der Waals surface area contributed by atoms with Gasteiger partial charge in [-0.1, -0.05) is 59.5 Å². The topological polar surface area (TPSA) is 29.1 Å². The second-order valence-corrected chi connectivity index (χ2v) is 5.88. The molecule has 0 fully saturated rings. The van der Waals surface area contributed by atoms with Gasteiger partial charge in [0.05, 0.1) is 0 Å². The molecule has 0 aliphatic carbocycles. The second-order valence-electron chi connectivity index (χ2n) is 5.88. The van der Waals surface area contributed by atoms with Crippen molar-refractivity contribution < 1.29 is 4.79 Å². The lowest BCUT2D eigenvalue weighted by Gasteiger charge is -2.17. The minimum Gasteiger partial charge on any atom is -0.352 e. The highest BCUT2D eigenvalue weighted by atomic mass is 16.1. The van der Waals surface area contributed by atoms with Crippen molar-refractivity contribution in [2.45, 2.75) is 66.2 Å². The van der Waals surface area contributed by atoms with Crippen LogP contribution in [0.25, 0.3) is 0 Å². The maximum Gasteiger partial charge on any atom is 0.243 e. The summed E-state index contributed by atoms with van der Waals surface area (Å²) >= 11 is 0. The van der Waals surface area contributed by atoms with Crippen LogP contribution in [0.1, 0.15) is 66.2 Å². The van der Waals surface area contributed by atoms with Gasteiger partial charge in [0, 0.05) is 6.54 Å². The smallest absolute Gasteiger partial charge is 0.243 e. The number of rotatable bonds is 8. The fourth-order valence-electron chi connectivity index (χ4n) is 1.47. The van der Waals surface area contributed by atoms with Crippen LogP contribution >= 0.6 is 0 Å². The normalized spacial score (nSPS) is 12.0. The Morgan fingerprint density at radius 2 is 1.76 bits per heavy atom. The lowest BCUT2D eigenvalue weighted by atomic mass is 9.97. The van der Waals surface area contributed by atoms with E-state index < -0.39 is 0 Å². The monoisotopic (exact) mass is 239 g/mol. The van der Waals surface area contributed by atoms with E-state index in [0.29, 0.717) is 0 Å². The van der Waals surface area contributed by atoms with Gasteiger partial charge in [0.25, 0.3) is 0 Å². The van der Waals surface area contributed by atoms with Gasteiger partial charge in [0.2, 0.25) is 5.91 Å². The Morgan fingerprint density at radius 1 is 1.12 bits per heavy atom. The zero-order valence-corrected chi connectivity index (χ0v) is 12.0. The van der Waals surface area contributed by atoms with Gasteiger partial charge in [0.1, 0.15) is 0 Å². The van der Waals surface area contributed by atoms with Crippen molar-refractivity contribution in [3.8, 4) is 0 Å². The summed E-state index contributed by atoms with van der Waals surface area (Å²) in [6.07, 6.45) is 11.1. The highest BCUT2D eigenvalue weighted by Crippen LogP contribution is 2.10. The molecule has 0 saturated heterocycles. The van der Waals surface area contributed by atoms with Gasteiger partial charge in [-0.25, -0.2) is 0 Å². The molecule has 0 aromatic heterocycles. The van der Waals surface area contributed by atoms with Crippen LogP contribution in [0.4, 0.5) is 0 Å². The molecule has 0 aromatic carbocycles. The number of hydrogen-bond donors (Lipinski definition) is 1. The number of carbonyl (C=O) groups is 1. The number of hydrogen-bond acceptors (Lipinski definition) is 1. The van der Waals surface area contributed by atoms with Gasteiger partial charge in [-0.15, -0.1) is 0 Å². The molecule has 0 aliphatic heterocycles. The molecule has 0 aromatic rings. The van der Waals surface area contributed by atoms with Crippen LogP contribution in [0.15, 0.2) is 12.2 Å². The molecule has 0 radical (unpaired) electrons. The first-order valence-electron chi connectivity index (χ1n) is 6.90. The predicted octanol–water partition coefficient (Wildman–Crippen LogP) is 4.07. The van der Waals surface area contributed by atoms with Crippen LogP contribution < -0.4 is 5.32 Å². The lowest BCUT2D eigenvalue weighted by molar-refractivity contribution is -0.116. The Labute approximate surface area is 107 Å². The van der Waals surface area contributed by atoms with Gasteiger partial charge in [-0.3, -0.25) is 4.79 Å². The van der Waals surface area contributed by atoms with Crippen molar-refractivity contribution in [2.75, 3.05) is 6.54 Å². The SMILES string of the molecule is CCCCCCCC=CC(=O)NCC(C)(C)C. The molecule has 1 N–H and O–H groups in total. The lowest BCUT2D eigenvalue weighted by Crippen LogP contribution is -2.30. The van der Waals surface area contributed by atoms with Gasteiger partial charge in [-0.2, -0.15) is 0 Å². The van der Waals surface area contributed by atoms with E-state index in [1.54, 1.807) is 6.08 Å². The zero-order chi connectivity index (χ0) is 13.1. The molecular weight excluding hydrogens is 210 g/mol. The Kier molecular flexibility index (Phi) is 8.83. The van der Waals surface area contributed by atoms with Crippen molar-refractivity contribution in [1.82, 2.24) is 5.32 Å².